The fourth-order valence-corrected chi connectivity index (χ4v) is 3.41. The summed E-state index contributed by atoms with van der Waals surface area (Å²) in [6.07, 6.45) is 3.13. The first kappa shape index (κ1) is 13.2. The molecule has 20 heavy (non-hydrogen) atoms. The Balaban J connectivity index is 1.94. The van der Waals surface area contributed by atoms with E-state index in [4.69, 9.17) is 10.00 Å². The SMILES string of the molecule is N#CN1CCOC(c2ccccc2)c2ccsc2CC1. The summed E-state index contributed by atoms with van der Waals surface area (Å²) < 4.78 is 6.08. The monoisotopic (exact) mass is 284 g/mol. The normalized spacial score (nSPS) is 19.4. The second-order valence-corrected chi connectivity index (χ2v) is 5.80. The molecule has 0 N–H and O–H groups in total. The maximum absolute atomic E-state index is 9.10. The van der Waals surface area contributed by atoms with Crippen LogP contribution in [-0.2, 0) is 11.2 Å². The summed E-state index contributed by atoms with van der Waals surface area (Å²) >= 11 is 1.75. The van der Waals surface area contributed by atoms with Crippen LogP contribution in [0.25, 0.3) is 0 Å². The Kier molecular flexibility index (Phi) is 4.00. The Bertz CT molecular complexity index is 602. The highest BCUT2D eigenvalue weighted by Crippen LogP contribution is 2.32. The first-order chi connectivity index (χ1) is 9.88. The standard InChI is InChI=1S/C16H16N2OS/c17-12-18-8-6-15-14(7-11-20-15)16(19-10-9-18)13-4-2-1-3-5-13/h1-5,7,11,16H,6,8-10H2. The van der Waals surface area contributed by atoms with Crippen molar-refractivity contribution in [2.45, 2.75) is 12.5 Å². The summed E-state index contributed by atoms with van der Waals surface area (Å²) in [5.41, 5.74) is 2.43. The second kappa shape index (κ2) is 6.08. The molecule has 1 atom stereocenters. The number of fused-ring (bicyclic) bond motifs is 1. The molecule has 0 radical (unpaired) electrons. The van der Waals surface area contributed by atoms with Gasteiger partial charge in [0.05, 0.1) is 13.2 Å². The minimum Gasteiger partial charge on any atom is -0.367 e. The zero-order valence-corrected chi connectivity index (χ0v) is 12.0. The summed E-state index contributed by atoms with van der Waals surface area (Å²) in [6, 6.07) is 12.5. The number of thiophene rings is 1. The Hall–Kier alpha value is -1.83. The van der Waals surface area contributed by atoms with Crippen molar-refractivity contribution in [3.63, 3.8) is 0 Å². The lowest BCUT2D eigenvalue weighted by molar-refractivity contribution is 0.0719. The van der Waals surface area contributed by atoms with Gasteiger partial charge < -0.3 is 9.64 Å². The highest BCUT2D eigenvalue weighted by molar-refractivity contribution is 7.10. The molecule has 1 aliphatic rings. The summed E-state index contributed by atoms with van der Waals surface area (Å²) in [5, 5.41) is 11.2. The van der Waals surface area contributed by atoms with E-state index in [9.17, 15) is 0 Å². The molecule has 0 spiro atoms. The van der Waals surface area contributed by atoms with Crippen LogP contribution in [0.5, 0.6) is 0 Å². The van der Waals surface area contributed by atoms with Crippen molar-refractivity contribution >= 4 is 11.3 Å². The minimum atomic E-state index is -0.0175. The lowest BCUT2D eigenvalue weighted by Crippen LogP contribution is -2.24. The first-order valence-corrected chi connectivity index (χ1v) is 7.64. The summed E-state index contributed by atoms with van der Waals surface area (Å²) in [5.74, 6) is 0. The van der Waals surface area contributed by atoms with E-state index in [0.29, 0.717) is 13.2 Å². The highest BCUT2D eigenvalue weighted by atomic mass is 32.1. The lowest BCUT2D eigenvalue weighted by atomic mass is 10.0. The van der Waals surface area contributed by atoms with Crippen molar-refractivity contribution in [1.29, 1.82) is 5.26 Å². The number of hydrogen-bond donors (Lipinski definition) is 0. The van der Waals surface area contributed by atoms with Crippen LogP contribution in [0.15, 0.2) is 41.8 Å². The zero-order valence-electron chi connectivity index (χ0n) is 11.2. The number of rotatable bonds is 1. The Labute approximate surface area is 123 Å². The molecule has 1 aromatic heterocycles. The van der Waals surface area contributed by atoms with Crippen LogP contribution in [0.1, 0.15) is 22.1 Å². The van der Waals surface area contributed by atoms with E-state index in [1.807, 2.05) is 18.2 Å². The largest absolute Gasteiger partial charge is 0.367 e. The van der Waals surface area contributed by atoms with Gasteiger partial charge in [-0.25, -0.2) is 0 Å². The quantitative estimate of drug-likeness (QED) is 0.755. The summed E-state index contributed by atoms with van der Waals surface area (Å²) in [7, 11) is 0. The van der Waals surface area contributed by atoms with Gasteiger partial charge >= 0.3 is 0 Å². The maximum Gasteiger partial charge on any atom is 0.179 e. The topological polar surface area (TPSA) is 36.3 Å². The third kappa shape index (κ3) is 2.69. The van der Waals surface area contributed by atoms with Crippen LogP contribution in [0.2, 0.25) is 0 Å². The zero-order chi connectivity index (χ0) is 13.8. The second-order valence-electron chi connectivity index (χ2n) is 4.80. The smallest absolute Gasteiger partial charge is 0.179 e. The van der Waals surface area contributed by atoms with Crippen LogP contribution in [0, 0.1) is 11.5 Å². The fraction of sp³-hybridized carbons (Fsp3) is 0.312. The molecule has 0 fully saturated rings. The molecule has 1 aromatic carbocycles. The average molecular weight is 284 g/mol. The van der Waals surface area contributed by atoms with E-state index < -0.39 is 0 Å². The van der Waals surface area contributed by atoms with Gasteiger partial charge in [0.15, 0.2) is 6.19 Å². The number of benzene rings is 1. The summed E-state index contributed by atoms with van der Waals surface area (Å²) in [4.78, 5) is 3.10. The van der Waals surface area contributed by atoms with Crippen molar-refractivity contribution in [3.8, 4) is 6.19 Å². The minimum absolute atomic E-state index is 0.0175. The molecule has 1 unspecified atom stereocenters. The van der Waals surface area contributed by atoms with Crippen molar-refractivity contribution < 1.29 is 4.74 Å². The van der Waals surface area contributed by atoms with Crippen molar-refractivity contribution in [2.24, 2.45) is 0 Å². The van der Waals surface area contributed by atoms with E-state index in [1.54, 1.807) is 16.2 Å². The maximum atomic E-state index is 9.10. The number of hydrogen-bond acceptors (Lipinski definition) is 4. The first-order valence-electron chi connectivity index (χ1n) is 6.76. The van der Waals surface area contributed by atoms with Gasteiger partial charge in [-0.05, 0) is 22.6 Å². The Morgan fingerprint density at radius 2 is 2.05 bits per heavy atom. The van der Waals surface area contributed by atoms with Gasteiger partial charge in [0.25, 0.3) is 0 Å². The lowest BCUT2D eigenvalue weighted by Gasteiger charge is -2.18. The van der Waals surface area contributed by atoms with Gasteiger partial charge in [-0.15, -0.1) is 11.3 Å². The summed E-state index contributed by atoms with van der Waals surface area (Å²) in [6.45, 7) is 2.01. The van der Waals surface area contributed by atoms with E-state index in [1.165, 1.54) is 16.0 Å². The third-order valence-electron chi connectivity index (χ3n) is 3.56. The Morgan fingerprint density at radius 3 is 2.85 bits per heavy atom. The molecular weight excluding hydrogens is 268 g/mol. The molecule has 2 heterocycles. The van der Waals surface area contributed by atoms with Crippen LogP contribution < -0.4 is 0 Å². The van der Waals surface area contributed by atoms with E-state index in [-0.39, 0.29) is 6.10 Å². The molecule has 0 amide bonds. The van der Waals surface area contributed by atoms with Crippen molar-refractivity contribution in [3.05, 3.63) is 57.8 Å². The Morgan fingerprint density at radius 1 is 1.20 bits per heavy atom. The molecule has 3 nitrogen and oxygen atoms in total. The molecule has 4 heteroatoms. The number of nitrogens with zero attached hydrogens (tertiary/aromatic N) is 2. The molecule has 0 aliphatic carbocycles. The molecule has 0 bridgehead atoms. The fourth-order valence-electron chi connectivity index (χ4n) is 2.51. The van der Waals surface area contributed by atoms with Gasteiger partial charge in [-0.3, -0.25) is 0 Å². The highest BCUT2D eigenvalue weighted by Gasteiger charge is 2.21. The van der Waals surface area contributed by atoms with E-state index in [0.717, 1.165) is 13.0 Å². The number of ether oxygens (including phenoxy) is 1. The molecule has 0 saturated carbocycles. The van der Waals surface area contributed by atoms with Crippen molar-refractivity contribution in [2.75, 3.05) is 19.7 Å². The molecule has 102 valence electrons. The average Bonchev–Trinajstić information content (AvgIpc) is 2.97. The van der Waals surface area contributed by atoms with Crippen LogP contribution in [0.3, 0.4) is 0 Å². The van der Waals surface area contributed by atoms with Crippen LogP contribution in [-0.4, -0.2) is 24.6 Å². The van der Waals surface area contributed by atoms with Gasteiger partial charge in [-0.1, -0.05) is 30.3 Å². The number of nitriles is 1. The van der Waals surface area contributed by atoms with E-state index >= 15 is 0 Å². The van der Waals surface area contributed by atoms with Gasteiger partial charge in [0, 0.05) is 17.8 Å². The van der Waals surface area contributed by atoms with Crippen molar-refractivity contribution in [1.82, 2.24) is 4.90 Å². The van der Waals surface area contributed by atoms with Gasteiger partial charge in [0.2, 0.25) is 0 Å². The van der Waals surface area contributed by atoms with E-state index in [2.05, 4.69) is 29.8 Å². The van der Waals surface area contributed by atoms with Gasteiger partial charge in [-0.2, -0.15) is 5.26 Å². The predicted molar refractivity (Wildman–Crippen MR) is 79.4 cm³/mol. The molecule has 2 aromatic rings. The predicted octanol–water partition coefficient (Wildman–Crippen LogP) is 3.19. The molecule has 1 aliphatic heterocycles. The molecule has 3 rings (SSSR count). The van der Waals surface area contributed by atoms with Gasteiger partial charge in [0.1, 0.15) is 6.10 Å². The van der Waals surface area contributed by atoms with Crippen LogP contribution in [0.4, 0.5) is 0 Å². The third-order valence-corrected chi connectivity index (χ3v) is 4.56. The molecule has 0 saturated heterocycles. The van der Waals surface area contributed by atoms with Crippen LogP contribution >= 0.6 is 11.3 Å². The molecular formula is C16H16N2OS.